The topological polar surface area (TPSA) is 60.9 Å². The van der Waals surface area contributed by atoms with Gasteiger partial charge in [0.25, 0.3) is 0 Å². The zero-order valence-corrected chi connectivity index (χ0v) is 13.3. The van der Waals surface area contributed by atoms with E-state index in [1.165, 1.54) is 12.1 Å². The van der Waals surface area contributed by atoms with Crippen LogP contribution in [0.25, 0.3) is 10.9 Å². The van der Waals surface area contributed by atoms with E-state index in [9.17, 15) is 9.50 Å². The quantitative estimate of drug-likeness (QED) is 0.478. The van der Waals surface area contributed by atoms with E-state index in [-0.39, 0.29) is 17.6 Å². The highest BCUT2D eigenvalue weighted by molar-refractivity contribution is 5.84. The molecule has 4 rings (SSSR count). The predicted molar refractivity (Wildman–Crippen MR) is 96.1 cm³/mol. The molecule has 0 spiro atoms. The van der Waals surface area contributed by atoms with E-state index in [1.807, 2.05) is 18.3 Å². The summed E-state index contributed by atoms with van der Waals surface area (Å²) in [5, 5.41) is 13.7. The van der Waals surface area contributed by atoms with Crippen LogP contribution in [0.5, 0.6) is 5.75 Å². The maximum Gasteiger partial charge on any atom is 0.123 e. The van der Waals surface area contributed by atoms with Crippen molar-refractivity contribution in [1.82, 2.24) is 9.97 Å². The summed E-state index contributed by atoms with van der Waals surface area (Å²) in [5.74, 6) is -0.0689. The minimum atomic E-state index is -0.275. The number of aromatic amines is 1. The molecule has 4 aromatic rings. The molecule has 4 nitrogen and oxygen atoms in total. The van der Waals surface area contributed by atoms with Gasteiger partial charge in [0.1, 0.15) is 11.6 Å². The number of aromatic hydroxyl groups is 1. The second-order valence-electron chi connectivity index (χ2n) is 5.84. The van der Waals surface area contributed by atoms with Gasteiger partial charge in [-0.15, -0.1) is 0 Å². The molecule has 1 atom stereocenters. The van der Waals surface area contributed by atoms with Crippen molar-refractivity contribution in [1.29, 1.82) is 0 Å². The third kappa shape index (κ3) is 3.04. The van der Waals surface area contributed by atoms with Crippen LogP contribution in [-0.4, -0.2) is 15.1 Å². The molecule has 1 unspecified atom stereocenters. The highest BCUT2D eigenvalue weighted by Crippen LogP contribution is 2.32. The summed E-state index contributed by atoms with van der Waals surface area (Å²) >= 11 is 0. The van der Waals surface area contributed by atoms with Crippen LogP contribution >= 0.6 is 0 Å². The van der Waals surface area contributed by atoms with Crippen LogP contribution in [0.1, 0.15) is 17.2 Å². The zero-order chi connectivity index (χ0) is 17.2. The number of H-pyrrole nitrogens is 1. The van der Waals surface area contributed by atoms with Crippen LogP contribution in [0.3, 0.4) is 0 Å². The van der Waals surface area contributed by atoms with Gasteiger partial charge in [-0.05, 0) is 54.1 Å². The number of halogens is 1. The Kier molecular flexibility index (Phi) is 3.82. The van der Waals surface area contributed by atoms with Crippen molar-refractivity contribution in [3.8, 4) is 5.75 Å². The summed E-state index contributed by atoms with van der Waals surface area (Å²) in [6, 6.07) is 15.2. The third-order valence-electron chi connectivity index (χ3n) is 4.18. The standard InChI is InChI=1S/C20H16FN3O/c21-14-3-8-19-17(10-14)18(12-23-19)20(13-2-1-9-22-11-13)24-15-4-6-16(25)7-5-15/h1-12,20,23-25H. The molecule has 0 radical (unpaired) electrons. The summed E-state index contributed by atoms with van der Waals surface area (Å²) in [5.41, 5.74) is 3.60. The van der Waals surface area contributed by atoms with Gasteiger partial charge in [0.15, 0.2) is 0 Å². The fourth-order valence-electron chi connectivity index (χ4n) is 2.96. The van der Waals surface area contributed by atoms with E-state index in [2.05, 4.69) is 15.3 Å². The van der Waals surface area contributed by atoms with Crippen molar-refractivity contribution in [2.45, 2.75) is 6.04 Å². The average molecular weight is 333 g/mol. The number of benzene rings is 2. The molecular weight excluding hydrogens is 317 g/mol. The molecule has 5 heteroatoms. The lowest BCUT2D eigenvalue weighted by molar-refractivity contribution is 0.475. The van der Waals surface area contributed by atoms with Crippen molar-refractivity contribution in [3.63, 3.8) is 0 Å². The Morgan fingerprint density at radius 1 is 1.08 bits per heavy atom. The second kappa shape index (κ2) is 6.28. The van der Waals surface area contributed by atoms with E-state index in [1.54, 1.807) is 42.7 Å². The first-order chi connectivity index (χ1) is 12.2. The molecule has 124 valence electrons. The number of aromatic nitrogens is 2. The molecular formula is C20H16FN3O. The summed E-state index contributed by atoms with van der Waals surface area (Å²) in [6.07, 6.45) is 5.39. The van der Waals surface area contributed by atoms with Crippen molar-refractivity contribution >= 4 is 16.6 Å². The van der Waals surface area contributed by atoms with Gasteiger partial charge in [0, 0.05) is 40.7 Å². The molecule has 2 aromatic heterocycles. The number of rotatable bonds is 4. The van der Waals surface area contributed by atoms with Gasteiger partial charge < -0.3 is 15.4 Å². The third-order valence-corrected chi connectivity index (χ3v) is 4.18. The lowest BCUT2D eigenvalue weighted by Crippen LogP contribution is -2.12. The Morgan fingerprint density at radius 2 is 1.92 bits per heavy atom. The SMILES string of the molecule is Oc1ccc(NC(c2cccnc2)c2c[nH]c3ccc(F)cc23)cc1. The molecule has 25 heavy (non-hydrogen) atoms. The molecule has 2 aromatic carbocycles. The largest absolute Gasteiger partial charge is 0.508 e. The van der Waals surface area contributed by atoms with Crippen LogP contribution in [-0.2, 0) is 0 Å². The van der Waals surface area contributed by atoms with Gasteiger partial charge in [-0.1, -0.05) is 6.07 Å². The number of anilines is 1. The summed E-state index contributed by atoms with van der Waals surface area (Å²) in [7, 11) is 0. The lowest BCUT2D eigenvalue weighted by atomic mass is 9.99. The van der Waals surface area contributed by atoms with Gasteiger partial charge >= 0.3 is 0 Å². The molecule has 0 saturated heterocycles. The van der Waals surface area contributed by atoms with Crippen LogP contribution in [0.2, 0.25) is 0 Å². The lowest BCUT2D eigenvalue weighted by Gasteiger charge is -2.20. The van der Waals surface area contributed by atoms with E-state index in [0.29, 0.717) is 0 Å². The van der Waals surface area contributed by atoms with Gasteiger partial charge in [-0.2, -0.15) is 0 Å². The maximum atomic E-state index is 13.8. The number of fused-ring (bicyclic) bond motifs is 1. The average Bonchev–Trinajstić information content (AvgIpc) is 3.05. The van der Waals surface area contributed by atoms with Crippen LogP contribution < -0.4 is 5.32 Å². The van der Waals surface area contributed by atoms with Crippen molar-refractivity contribution < 1.29 is 9.50 Å². The van der Waals surface area contributed by atoms with E-state index >= 15 is 0 Å². The molecule has 0 saturated carbocycles. The molecule has 0 bridgehead atoms. The monoisotopic (exact) mass is 333 g/mol. The number of hydrogen-bond acceptors (Lipinski definition) is 3. The number of nitrogens with one attached hydrogen (secondary N) is 2. The fourth-order valence-corrected chi connectivity index (χ4v) is 2.96. The molecule has 0 aliphatic rings. The van der Waals surface area contributed by atoms with Gasteiger partial charge in [-0.25, -0.2) is 4.39 Å². The second-order valence-corrected chi connectivity index (χ2v) is 5.84. The van der Waals surface area contributed by atoms with Crippen molar-refractivity contribution in [2.75, 3.05) is 5.32 Å². The predicted octanol–water partition coefficient (Wildman–Crippen LogP) is 4.61. The Morgan fingerprint density at radius 3 is 2.68 bits per heavy atom. The van der Waals surface area contributed by atoms with Gasteiger partial charge in [0.2, 0.25) is 0 Å². The first-order valence-corrected chi connectivity index (χ1v) is 7.93. The van der Waals surface area contributed by atoms with E-state index < -0.39 is 0 Å². The van der Waals surface area contributed by atoms with E-state index in [4.69, 9.17) is 0 Å². The fraction of sp³-hybridized carbons (Fsp3) is 0.0500. The minimum Gasteiger partial charge on any atom is -0.508 e. The van der Waals surface area contributed by atoms with Crippen molar-refractivity contribution in [3.05, 3.63) is 90.1 Å². The number of nitrogens with zero attached hydrogens (tertiary/aromatic N) is 1. The Balaban J connectivity index is 1.82. The molecule has 0 fully saturated rings. The normalized spacial score (nSPS) is 12.2. The Hall–Kier alpha value is -3.34. The molecule has 3 N–H and O–H groups in total. The number of phenolic OH excluding ortho intramolecular Hbond substituents is 1. The molecule has 2 heterocycles. The number of pyridine rings is 1. The maximum absolute atomic E-state index is 13.8. The Bertz CT molecular complexity index is 997. The van der Waals surface area contributed by atoms with Crippen LogP contribution in [0.4, 0.5) is 10.1 Å². The van der Waals surface area contributed by atoms with Crippen LogP contribution in [0, 0.1) is 5.82 Å². The van der Waals surface area contributed by atoms with Crippen molar-refractivity contribution in [2.24, 2.45) is 0 Å². The molecule has 0 aliphatic heterocycles. The minimum absolute atomic E-state index is 0.206. The van der Waals surface area contributed by atoms with Gasteiger partial charge in [-0.3, -0.25) is 4.98 Å². The van der Waals surface area contributed by atoms with Gasteiger partial charge in [0.05, 0.1) is 6.04 Å². The summed E-state index contributed by atoms with van der Waals surface area (Å²) < 4.78 is 13.8. The zero-order valence-electron chi connectivity index (χ0n) is 13.3. The Labute approximate surface area is 144 Å². The summed E-state index contributed by atoms with van der Waals surface area (Å²) in [4.78, 5) is 7.40. The molecule has 0 amide bonds. The smallest absolute Gasteiger partial charge is 0.123 e. The number of hydrogen-bond donors (Lipinski definition) is 3. The highest BCUT2D eigenvalue weighted by atomic mass is 19.1. The molecule has 0 aliphatic carbocycles. The first kappa shape index (κ1) is 15.2. The van der Waals surface area contributed by atoms with E-state index in [0.717, 1.165) is 27.7 Å². The summed E-state index contributed by atoms with van der Waals surface area (Å²) in [6.45, 7) is 0. The number of phenols is 1. The van der Waals surface area contributed by atoms with Crippen LogP contribution in [0.15, 0.2) is 73.2 Å². The first-order valence-electron chi connectivity index (χ1n) is 7.93. The highest BCUT2D eigenvalue weighted by Gasteiger charge is 2.18.